The van der Waals surface area contributed by atoms with Gasteiger partial charge in [0.25, 0.3) is 0 Å². The van der Waals surface area contributed by atoms with Crippen LogP contribution in [0, 0.1) is 0 Å². The number of hydrogen-bond donors (Lipinski definition) is 1. The molecule has 0 heterocycles. The normalized spacial score (nSPS) is 10.2. The highest BCUT2D eigenvalue weighted by atomic mass is 35.5. The van der Waals surface area contributed by atoms with E-state index in [4.69, 9.17) is 11.6 Å². The Hall–Kier alpha value is -0.140. The van der Waals surface area contributed by atoms with Crippen LogP contribution in [0.15, 0.2) is 24.3 Å². The second-order valence-electron chi connectivity index (χ2n) is 2.78. The molecule has 0 aliphatic carbocycles. The van der Waals surface area contributed by atoms with E-state index in [0.29, 0.717) is 5.88 Å². The number of thiol groups is 1. The molecule has 0 N–H and O–H groups in total. The van der Waals surface area contributed by atoms with Crippen molar-refractivity contribution < 1.29 is 0 Å². The van der Waals surface area contributed by atoms with E-state index in [0.717, 1.165) is 18.6 Å². The third-order valence-corrected chi connectivity index (χ3v) is 2.43. The molecule has 0 aliphatic heterocycles. The molecule has 0 radical (unpaired) electrons. The fraction of sp³-hybridized carbons (Fsp3) is 0.400. The van der Waals surface area contributed by atoms with E-state index in [2.05, 4.69) is 36.9 Å². The number of aryl methyl sites for hydroxylation is 1. The Kier molecular flexibility index (Phi) is 4.55. The van der Waals surface area contributed by atoms with E-state index >= 15 is 0 Å². The first-order valence-electron chi connectivity index (χ1n) is 4.11. The summed E-state index contributed by atoms with van der Waals surface area (Å²) in [6.45, 7) is 0. The van der Waals surface area contributed by atoms with Crippen LogP contribution < -0.4 is 0 Å². The fourth-order valence-electron chi connectivity index (χ4n) is 1.08. The van der Waals surface area contributed by atoms with Crippen molar-refractivity contribution in [2.75, 3.05) is 5.75 Å². The smallest absolute Gasteiger partial charge is 0.0474 e. The second kappa shape index (κ2) is 5.50. The standard InChI is InChI=1S/C10H13ClS/c11-8-10-5-3-9(4-6-10)2-1-7-12/h3-6,12H,1-2,7-8H2. The molecule has 0 bridgehead atoms. The molecule has 0 saturated carbocycles. The van der Waals surface area contributed by atoms with Crippen LogP contribution in [0.1, 0.15) is 17.5 Å². The molecule has 0 aromatic heterocycles. The zero-order valence-electron chi connectivity index (χ0n) is 6.96. The van der Waals surface area contributed by atoms with E-state index < -0.39 is 0 Å². The maximum absolute atomic E-state index is 5.67. The van der Waals surface area contributed by atoms with Gasteiger partial charge in [-0.05, 0) is 29.7 Å². The van der Waals surface area contributed by atoms with Crippen LogP contribution in [-0.2, 0) is 12.3 Å². The first kappa shape index (κ1) is 9.94. The summed E-state index contributed by atoms with van der Waals surface area (Å²) in [7, 11) is 0. The van der Waals surface area contributed by atoms with E-state index in [9.17, 15) is 0 Å². The van der Waals surface area contributed by atoms with Crippen LogP contribution in [0.5, 0.6) is 0 Å². The molecule has 2 heteroatoms. The maximum Gasteiger partial charge on any atom is 0.0474 e. The summed E-state index contributed by atoms with van der Waals surface area (Å²) in [6, 6.07) is 8.45. The zero-order valence-corrected chi connectivity index (χ0v) is 8.61. The second-order valence-corrected chi connectivity index (χ2v) is 3.49. The molecule has 12 heavy (non-hydrogen) atoms. The van der Waals surface area contributed by atoms with Gasteiger partial charge in [0.1, 0.15) is 0 Å². The topological polar surface area (TPSA) is 0 Å². The van der Waals surface area contributed by atoms with Gasteiger partial charge < -0.3 is 0 Å². The minimum absolute atomic E-state index is 0.604. The van der Waals surface area contributed by atoms with Crippen molar-refractivity contribution in [1.29, 1.82) is 0 Å². The Morgan fingerprint density at radius 3 is 2.17 bits per heavy atom. The zero-order chi connectivity index (χ0) is 8.81. The van der Waals surface area contributed by atoms with Gasteiger partial charge in [-0.2, -0.15) is 12.6 Å². The SMILES string of the molecule is SCCCc1ccc(CCl)cc1. The van der Waals surface area contributed by atoms with Gasteiger partial charge in [0.2, 0.25) is 0 Å². The molecule has 0 atom stereocenters. The molecule has 1 aromatic rings. The molecular weight excluding hydrogens is 188 g/mol. The van der Waals surface area contributed by atoms with Crippen molar-refractivity contribution in [1.82, 2.24) is 0 Å². The molecule has 0 unspecified atom stereocenters. The van der Waals surface area contributed by atoms with Gasteiger partial charge >= 0.3 is 0 Å². The quantitative estimate of drug-likeness (QED) is 0.560. The highest BCUT2D eigenvalue weighted by Gasteiger charge is 1.92. The number of alkyl halides is 1. The Balaban J connectivity index is 2.53. The molecule has 0 fully saturated rings. The summed E-state index contributed by atoms with van der Waals surface area (Å²) < 4.78 is 0. The summed E-state index contributed by atoms with van der Waals surface area (Å²) >= 11 is 9.84. The van der Waals surface area contributed by atoms with Crippen LogP contribution in [0.3, 0.4) is 0 Å². The highest BCUT2D eigenvalue weighted by molar-refractivity contribution is 7.80. The van der Waals surface area contributed by atoms with Crippen LogP contribution in [0.2, 0.25) is 0 Å². The molecule has 0 spiro atoms. The number of hydrogen-bond acceptors (Lipinski definition) is 1. The van der Waals surface area contributed by atoms with Crippen LogP contribution in [-0.4, -0.2) is 5.75 Å². The summed E-state index contributed by atoms with van der Waals surface area (Å²) in [4.78, 5) is 0. The fourth-order valence-corrected chi connectivity index (χ4v) is 1.41. The largest absolute Gasteiger partial charge is 0.179 e. The van der Waals surface area contributed by atoms with Gasteiger partial charge in [-0.3, -0.25) is 0 Å². The van der Waals surface area contributed by atoms with Crippen LogP contribution >= 0.6 is 24.2 Å². The molecule has 0 saturated heterocycles. The predicted octanol–water partition coefficient (Wildman–Crippen LogP) is 3.29. The maximum atomic E-state index is 5.67. The lowest BCUT2D eigenvalue weighted by molar-refractivity contribution is 0.935. The lowest BCUT2D eigenvalue weighted by Crippen LogP contribution is -1.86. The van der Waals surface area contributed by atoms with Crippen molar-refractivity contribution >= 4 is 24.2 Å². The van der Waals surface area contributed by atoms with E-state index in [1.54, 1.807) is 0 Å². The lowest BCUT2D eigenvalue weighted by atomic mass is 10.1. The molecule has 0 amide bonds. The first-order valence-corrected chi connectivity index (χ1v) is 5.28. The summed E-state index contributed by atoms with van der Waals surface area (Å²) in [5, 5.41) is 0. The van der Waals surface area contributed by atoms with Crippen LogP contribution in [0.4, 0.5) is 0 Å². The van der Waals surface area contributed by atoms with Gasteiger partial charge in [0.05, 0.1) is 0 Å². The van der Waals surface area contributed by atoms with Gasteiger partial charge in [-0.15, -0.1) is 11.6 Å². The summed E-state index contributed by atoms with van der Waals surface area (Å²) in [5.74, 6) is 1.56. The molecular formula is C10H13ClS. The Morgan fingerprint density at radius 1 is 1.08 bits per heavy atom. The first-order chi connectivity index (χ1) is 5.86. The van der Waals surface area contributed by atoms with Crippen molar-refractivity contribution in [3.8, 4) is 0 Å². The highest BCUT2D eigenvalue weighted by Crippen LogP contribution is 2.08. The van der Waals surface area contributed by atoms with Gasteiger partial charge in [0, 0.05) is 5.88 Å². The monoisotopic (exact) mass is 200 g/mol. The number of halogens is 1. The molecule has 66 valence electrons. The van der Waals surface area contributed by atoms with Crippen molar-refractivity contribution in [2.45, 2.75) is 18.7 Å². The van der Waals surface area contributed by atoms with Gasteiger partial charge in [-0.25, -0.2) is 0 Å². The predicted molar refractivity (Wildman–Crippen MR) is 58.2 cm³/mol. The molecule has 1 aromatic carbocycles. The Labute approximate surface area is 84.3 Å². The third-order valence-electron chi connectivity index (χ3n) is 1.80. The molecule has 0 nitrogen and oxygen atoms in total. The minimum Gasteiger partial charge on any atom is -0.179 e. The van der Waals surface area contributed by atoms with Crippen molar-refractivity contribution in [3.05, 3.63) is 35.4 Å². The van der Waals surface area contributed by atoms with E-state index in [1.165, 1.54) is 11.1 Å². The number of benzene rings is 1. The average Bonchev–Trinajstić information content (AvgIpc) is 2.15. The molecule has 0 aliphatic rings. The van der Waals surface area contributed by atoms with Crippen LogP contribution in [0.25, 0.3) is 0 Å². The van der Waals surface area contributed by atoms with Gasteiger partial charge in [-0.1, -0.05) is 24.3 Å². The third kappa shape index (κ3) is 3.08. The Bertz CT molecular complexity index is 218. The summed E-state index contributed by atoms with van der Waals surface area (Å²) in [6.07, 6.45) is 2.26. The minimum atomic E-state index is 0.604. The number of rotatable bonds is 4. The summed E-state index contributed by atoms with van der Waals surface area (Å²) in [5.41, 5.74) is 2.56. The van der Waals surface area contributed by atoms with Crippen molar-refractivity contribution in [3.63, 3.8) is 0 Å². The Morgan fingerprint density at radius 2 is 1.67 bits per heavy atom. The lowest BCUT2D eigenvalue weighted by Gasteiger charge is -2.00. The van der Waals surface area contributed by atoms with E-state index in [-0.39, 0.29) is 0 Å². The van der Waals surface area contributed by atoms with Gasteiger partial charge in [0.15, 0.2) is 0 Å². The average molecular weight is 201 g/mol. The molecule has 1 rings (SSSR count). The van der Waals surface area contributed by atoms with Crippen molar-refractivity contribution in [2.24, 2.45) is 0 Å². The van der Waals surface area contributed by atoms with E-state index in [1.807, 2.05) is 0 Å².